The van der Waals surface area contributed by atoms with Gasteiger partial charge in [-0.05, 0) is 84.1 Å². The molecule has 0 saturated carbocycles. The minimum atomic E-state index is -0.510. The molecule has 0 bridgehead atoms. The molecule has 3 rings (SSSR count). The molecule has 2 aromatic carbocycles. The molecule has 1 saturated heterocycles. The van der Waals surface area contributed by atoms with Crippen LogP contribution in [0.5, 0.6) is 11.5 Å². The number of halogens is 1. The van der Waals surface area contributed by atoms with E-state index in [1.807, 2.05) is 32.0 Å². The van der Waals surface area contributed by atoms with Crippen LogP contribution in [0.1, 0.15) is 18.1 Å². The number of hydrogen-bond donors (Lipinski definition) is 1. The van der Waals surface area contributed by atoms with Gasteiger partial charge in [0.05, 0.1) is 15.1 Å². The Hall–Kier alpha value is -2.79. The van der Waals surface area contributed by atoms with Gasteiger partial charge in [0, 0.05) is 5.69 Å². The van der Waals surface area contributed by atoms with Crippen molar-refractivity contribution in [2.75, 3.05) is 25.1 Å². The van der Waals surface area contributed by atoms with Gasteiger partial charge in [0.25, 0.3) is 11.1 Å². The van der Waals surface area contributed by atoms with Crippen LogP contribution >= 0.6 is 34.4 Å². The van der Waals surface area contributed by atoms with Gasteiger partial charge in [0.15, 0.2) is 11.5 Å². The lowest BCUT2D eigenvalue weighted by molar-refractivity contribution is -0.127. The van der Waals surface area contributed by atoms with E-state index in [2.05, 4.69) is 34.5 Å². The van der Waals surface area contributed by atoms with Crippen molar-refractivity contribution < 1.29 is 23.9 Å². The maximum atomic E-state index is 12.8. The summed E-state index contributed by atoms with van der Waals surface area (Å²) in [6, 6.07) is 10.8. The standard InChI is InChI=1S/C24H23IN2O5S/c1-4-10-32-22-18(25)11-16(12-19(22)31-5-2)13-20-23(29)27(24(30)33-20)14-21(28)26-17-8-6-15(3)7-9-17/h4,6-9,11-13H,1,5,10,14H2,2-3H3,(H,26,28). The van der Waals surface area contributed by atoms with Crippen molar-refractivity contribution in [1.29, 1.82) is 0 Å². The third-order valence-corrected chi connectivity index (χ3v) is 6.19. The molecule has 1 aliphatic heterocycles. The molecule has 172 valence electrons. The van der Waals surface area contributed by atoms with Crippen LogP contribution < -0.4 is 14.8 Å². The predicted molar refractivity (Wildman–Crippen MR) is 139 cm³/mol. The van der Waals surface area contributed by atoms with Gasteiger partial charge in [0.2, 0.25) is 5.91 Å². The lowest BCUT2D eigenvalue weighted by Crippen LogP contribution is -2.36. The van der Waals surface area contributed by atoms with Crippen LogP contribution in [0.15, 0.2) is 54.0 Å². The van der Waals surface area contributed by atoms with E-state index in [1.165, 1.54) is 0 Å². The summed E-state index contributed by atoms with van der Waals surface area (Å²) in [5.41, 5.74) is 2.35. The molecule has 2 aromatic rings. The fourth-order valence-electron chi connectivity index (χ4n) is 2.99. The number of benzene rings is 2. The van der Waals surface area contributed by atoms with Gasteiger partial charge in [-0.25, -0.2) is 0 Å². The highest BCUT2D eigenvalue weighted by molar-refractivity contribution is 14.1. The first-order chi connectivity index (χ1) is 15.8. The van der Waals surface area contributed by atoms with Gasteiger partial charge in [0.1, 0.15) is 13.2 Å². The number of nitrogens with one attached hydrogen (secondary N) is 1. The van der Waals surface area contributed by atoms with Gasteiger partial charge in [-0.15, -0.1) is 0 Å². The fourth-order valence-corrected chi connectivity index (χ4v) is 4.60. The van der Waals surface area contributed by atoms with Crippen molar-refractivity contribution in [3.8, 4) is 11.5 Å². The third kappa shape index (κ3) is 6.38. The number of nitrogens with zero attached hydrogens (tertiary/aromatic N) is 1. The number of anilines is 1. The summed E-state index contributed by atoms with van der Waals surface area (Å²) < 4.78 is 12.2. The van der Waals surface area contributed by atoms with E-state index >= 15 is 0 Å². The zero-order chi connectivity index (χ0) is 24.0. The Morgan fingerprint density at radius 1 is 1.21 bits per heavy atom. The van der Waals surface area contributed by atoms with Gasteiger partial charge in [-0.2, -0.15) is 0 Å². The Balaban J connectivity index is 1.76. The fraction of sp³-hybridized carbons (Fsp3) is 0.208. The van der Waals surface area contributed by atoms with Crippen LogP contribution in [-0.4, -0.2) is 41.7 Å². The predicted octanol–water partition coefficient (Wildman–Crippen LogP) is 5.24. The number of rotatable bonds is 9. The van der Waals surface area contributed by atoms with E-state index < -0.39 is 17.1 Å². The lowest BCUT2D eigenvalue weighted by Gasteiger charge is -2.14. The molecular weight excluding hydrogens is 555 g/mol. The van der Waals surface area contributed by atoms with Crippen molar-refractivity contribution in [3.05, 3.63) is 68.7 Å². The van der Waals surface area contributed by atoms with Crippen LogP contribution in [0.25, 0.3) is 6.08 Å². The summed E-state index contributed by atoms with van der Waals surface area (Å²) >= 11 is 2.93. The Bertz CT molecular complexity index is 1110. The van der Waals surface area contributed by atoms with Crippen molar-refractivity contribution in [3.63, 3.8) is 0 Å². The Kier molecular flexibility index (Phi) is 8.56. The summed E-state index contributed by atoms with van der Waals surface area (Å²) in [4.78, 5) is 38.8. The molecule has 3 amide bonds. The van der Waals surface area contributed by atoms with Gasteiger partial charge in [-0.3, -0.25) is 19.3 Å². The molecule has 0 radical (unpaired) electrons. The number of imide groups is 1. The van der Waals surface area contributed by atoms with Crippen LogP contribution in [0.3, 0.4) is 0 Å². The second-order valence-electron chi connectivity index (χ2n) is 7.04. The second kappa shape index (κ2) is 11.4. The number of amides is 3. The average molecular weight is 578 g/mol. The molecule has 1 fully saturated rings. The monoisotopic (exact) mass is 578 g/mol. The molecule has 1 heterocycles. The number of thioether (sulfide) groups is 1. The zero-order valence-corrected chi connectivity index (χ0v) is 21.2. The van der Waals surface area contributed by atoms with Crippen molar-refractivity contribution >= 4 is 63.2 Å². The summed E-state index contributed by atoms with van der Waals surface area (Å²) in [7, 11) is 0. The molecule has 0 unspecified atom stereocenters. The first-order valence-electron chi connectivity index (χ1n) is 10.1. The molecule has 1 N–H and O–H groups in total. The summed E-state index contributed by atoms with van der Waals surface area (Å²) in [5.74, 6) is 0.174. The van der Waals surface area contributed by atoms with E-state index in [0.717, 1.165) is 25.8 Å². The third-order valence-electron chi connectivity index (χ3n) is 4.49. The molecule has 33 heavy (non-hydrogen) atoms. The molecular formula is C24H23IN2O5S. The number of carbonyl (C=O) groups excluding carboxylic acids is 3. The van der Waals surface area contributed by atoms with E-state index in [-0.39, 0.29) is 11.4 Å². The van der Waals surface area contributed by atoms with Crippen molar-refractivity contribution in [2.24, 2.45) is 0 Å². The second-order valence-corrected chi connectivity index (χ2v) is 9.20. The van der Waals surface area contributed by atoms with E-state index in [4.69, 9.17) is 9.47 Å². The number of hydrogen-bond acceptors (Lipinski definition) is 6. The Morgan fingerprint density at radius 3 is 2.61 bits per heavy atom. The molecule has 0 aromatic heterocycles. The lowest BCUT2D eigenvalue weighted by atomic mass is 10.2. The topological polar surface area (TPSA) is 84.9 Å². The molecule has 0 spiro atoms. The highest BCUT2D eigenvalue weighted by Crippen LogP contribution is 2.37. The van der Waals surface area contributed by atoms with E-state index in [0.29, 0.717) is 36.0 Å². The summed E-state index contributed by atoms with van der Waals surface area (Å²) in [6.45, 7) is 7.88. The molecule has 9 heteroatoms. The van der Waals surface area contributed by atoms with Crippen LogP contribution in [0.4, 0.5) is 10.5 Å². The highest BCUT2D eigenvalue weighted by atomic mass is 127. The van der Waals surface area contributed by atoms with E-state index in [1.54, 1.807) is 30.4 Å². The highest BCUT2D eigenvalue weighted by Gasteiger charge is 2.36. The maximum absolute atomic E-state index is 12.8. The zero-order valence-electron chi connectivity index (χ0n) is 18.2. The SMILES string of the molecule is C=CCOc1c(I)cc(C=C2SC(=O)N(CC(=O)Nc3ccc(C)cc3)C2=O)cc1OCC. The molecule has 1 aliphatic rings. The minimum Gasteiger partial charge on any atom is -0.490 e. The summed E-state index contributed by atoms with van der Waals surface area (Å²) in [5, 5.41) is 2.21. The Morgan fingerprint density at radius 2 is 1.94 bits per heavy atom. The first-order valence-corrected chi connectivity index (χ1v) is 12.0. The van der Waals surface area contributed by atoms with Crippen LogP contribution in [0, 0.1) is 10.5 Å². The smallest absolute Gasteiger partial charge is 0.294 e. The maximum Gasteiger partial charge on any atom is 0.294 e. The molecule has 0 aliphatic carbocycles. The van der Waals surface area contributed by atoms with Crippen LogP contribution in [-0.2, 0) is 9.59 Å². The number of aryl methyl sites for hydroxylation is 1. The number of ether oxygens (including phenoxy) is 2. The van der Waals surface area contributed by atoms with Crippen molar-refractivity contribution in [2.45, 2.75) is 13.8 Å². The number of carbonyl (C=O) groups is 3. The Labute approximate surface area is 210 Å². The molecule has 7 nitrogen and oxygen atoms in total. The summed E-state index contributed by atoms with van der Waals surface area (Å²) in [6.07, 6.45) is 3.26. The minimum absolute atomic E-state index is 0.237. The van der Waals surface area contributed by atoms with Gasteiger partial charge >= 0.3 is 0 Å². The quantitative estimate of drug-likeness (QED) is 0.249. The van der Waals surface area contributed by atoms with Gasteiger partial charge < -0.3 is 14.8 Å². The first kappa shape index (κ1) is 24.8. The molecule has 0 atom stereocenters. The van der Waals surface area contributed by atoms with Crippen molar-refractivity contribution in [1.82, 2.24) is 4.90 Å². The normalized spacial score (nSPS) is 14.5. The average Bonchev–Trinajstić information content (AvgIpc) is 3.02. The van der Waals surface area contributed by atoms with Gasteiger partial charge in [-0.1, -0.05) is 30.4 Å². The van der Waals surface area contributed by atoms with E-state index in [9.17, 15) is 14.4 Å². The van der Waals surface area contributed by atoms with Crippen LogP contribution in [0.2, 0.25) is 0 Å². The largest absolute Gasteiger partial charge is 0.490 e.